The third kappa shape index (κ3) is 9.58. The van der Waals surface area contributed by atoms with Gasteiger partial charge in [-0.15, -0.1) is 0 Å². The van der Waals surface area contributed by atoms with E-state index >= 15 is 0 Å². The van der Waals surface area contributed by atoms with Gasteiger partial charge < -0.3 is 49.3 Å². The molecule has 0 radical (unpaired) electrons. The molecular weight excluding hydrogens is 544 g/mol. The van der Waals surface area contributed by atoms with E-state index in [1.165, 1.54) is 27.9 Å². The number of methoxy groups -OCH3 is 1. The SMILES string of the molecule is C=CC(=O)OCC1O[C@@H](CCO[C@@H]2C(COC(=O)C(=C)C)OC(C)[C@@H](NC(C)=O)C2O)[C@@H](NC(C)=O)C(O)[C@@H]1OC. The number of hydrogen-bond donors (Lipinski definition) is 4. The van der Waals surface area contributed by atoms with Crippen LogP contribution in [0.25, 0.3) is 0 Å². The van der Waals surface area contributed by atoms with Gasteiger partial charge in [-0.3, -0.25) is 9.59 Å². The monoisotopic (exact) mass is 586 g/mol. The van der Waals surface area contributed by atoms with E-state index in [-0.39, 0.29) is 37.7 Å². The number of hydrogen-bond acceptors (Lipinski definition) is 12. The Kier molecular flexibility index (Phi) is 13.3. The summed E-state index contributed by atoms with van der Waals surface area (Å²) in [5.74, 6) is -2.13. The summed E-state index contributed by atoms with van der Waals surface area (Å²) in [6.07, 6.45) is -6.55. The van der Waals surface area contributed by atoms with E-state index in [1.54, 1.807) is 6.92 Å². The minimum atomic E-state index is -1.23. The molecule has 2 amide bonds. The van der Waals surface area contributed by atoms with E-state index in [1.807, 2.05) is 0 Å². The van der Waals surface area contributed by atoms with Crippen molar-refractivity contribution in [2.75, 3.05) is 26.9 Å². The van der Waals surface area contributed by atoms with Gasteiger partial charge in [-0.1, -0.05) is 13.2 Å². The van der Waals surface area contributed by atoms with E-state index < -0.39 is 78.8 Å². The van der Waals surface area contributed by atoms with Gasteiger partial charge in [-0.2, -0.15) is 0 Å². The molecule has 0 spiro atoms. The van der Waals surface area contributed by atoms with Crippen molar-refractivity contribution in [2.24, 2.45) is 0 Å². The van der Waals surface area contributed by atoms with Crippen LogP contribution in [-0.4, -0.2) is 122 Å². The number of rotatable bonds is 13. The van der Waals surface area contributed by atoms with Crippen LogP contribution in [0.4, 0.5) is 0 Å². The van der Waals surface area contributed by atoms with Gasteiger partial charge in [-0.25, -0.2) is 9.59 Å². The topological polar surface area (TPSA) is 188 Å². The normalized spacial score (nSPS) is 33.2. The van der Waals surface area contributed by atoms with Gasteiger partial charge in [0.25, 0.3) is 0 Å². The summed E-state index contributed by atoms with van der Waals surface area (Å²) in [6, 6.07) is -1.71. The highest BCUT2D eigenvalue weighted by molar-refractivity contribution is 5.86. The zero-order valence-electron chi connectivity index (χ0n) is 24.1. The fraction of sp³-hybridized carbons (Fsp3) is 0.704. The fourth-order valence-electron chi connectivity index (χ4n) is 4.86. The molecule has 0 bridgehead atoms. The number of aliphatic hydroxyl groups excluding tert-OH is 2. The number of amides is 2. The van der Waals surface area contributed by atoms with Crippen LogP contribution in [0, 0.1) is 0 Å². The van der Waals surface area contributed by atoms with E-state index in [4.69, 9.17) is 28.4 Å². The molecule has 2 heterocycles. The Balaban J connectivity index is 2.20. The lowest BCUT2D eigenvalue weighted by Gasteiger charge is -2.45. The largest absolute Gasteiger partial charge is 0.460 e. The lowest BCUT2D eigenvalue weighted by atomic mass is 9.90. The highest BCUT2D eigenvalue weighted by atomic mass is 16.6. The molecule has 4 N–H and O–H groups in total. The summed E-state index contributed by atoms with van der Waals surface area (Å²) in [7, 11) is 1.35. The molecule has 10 atom stereocenters. The maximum Gasteiger partial charge on any atom is 0.333 e. The van der Waals surface area contributed by atoms with E-state index in [9.17, 15) is 29.4 Å². The van der Waals surface area contributed by atoms with Gasteiger partial charge in [0.05, 0.1) is 24.3 Å². The van der Waals surface area contributed by atoms with Crippen molar-refractivity contribution >= 4 is 23.8 Å². The van der Waals surface area contributed by atoms with Crippen molar-refractivity contribution in [1.82, 2.24) is 10.6 Å². The minimum Gasteiger partial charge on any atom is -0.460 e. The minimum absolute atomic E-state index is 0.0680. The number of esters is 2. The second-order valence-electron chi connectivity index (χ2n) is 10.1. The number of aliphatic hydroxyl groups is 2. The van der Waals surface area contributed by atoms with E-state index in [0.29, 0.717) is 0 Å². The van der Waals surface area contributed by atoms with Crippen molar-refractivity contribution in [2.45, 2.75) is 95.0 Å². The molecule has 0 aliphatic carbocycles. The van der Waals surface area contributed by atoms with E-state index in [0.717, 1.165) is 6.08 Å². The summed E-state index contributed by atoms with van der Waals surface area (Å²) in [5.41, 5.74) is 0.183. The summed E-state index contributed by atoms with van der Waals surface area (Å²) in [6.45, 7) is 12.1. The lowest BCUT2D eigenvalue weighted by molar-refractivity contribution is -0.224. The highest BCUT2D eigenvalue weighted by Crippen LogP contribution is 2.28. The van der Waals surface area contributed by atoms with Crippen LogP contribution in [0.1, 0.15) is 34.1 Å². The molecule has 2 fully saturated rings. The first-order valence-electron chi connectivity index (χ1n) is 13.3. The van der Waals surface area contributed by atoms with Crippen molar-refractivity contribution in [1.29, 1.82) is 0 Å². The third-order valence-electron chi connectivity index (χ3n) is 6.80. The second kappa shape index (κ2) is 15.9. The summed E-state index contributed by atoms with van der Waals surface area (Å²) >= 11 is 0. The molecule has 2 rings (SSSR count). The Morgan fingerprint density at radius 2 is 1.44 bits per heavy atom. The third-order valence-corrected chi connectivity index (χ3v) is 6.80. The number of carbonyl (C=O) groups is 4. The maximum atomic E-state index is 12.0. The molecule has 2 aliphatic heterocycles. The predicted molar refractivity (Wildman–Crippen MR) is 142 cm³/mol. The molecule has 2 aliphatic rings. The number of nitrogens with one attached hydrogen (secondary N) is 2. The molecule has 41 heavy (non-hydrogen) atoms. The van der Waals surface area contributed by atoms with E-state index in [2.05, 4.69) is 23.8 Å². The van der Waals surface area contributed by atoms with Crippen molar-refractivity contribution < 1.29 is 57.8 Å². The molecular formula is C27H42N2O12. The van der Waals surface area contributed by atoms with Crippen LogP contribution in [-0.2, 0) is 47.6 Å². The van der Waals surface area contributed by atoms with Gasteiger partial charge >= 0.3 is 11.9 Å². The zero-order chi connectivity index (χ0) is 30.9. The van der Waals surface area contributed by atoms with Crippen LogP contribution >= 0.6 is 0 Å². The van der Waals surface area contributed by atoms with Crippen LogP contribution in [0.15, 0.2) is 24.8 Å². The molecule has 14 nitrogen and oxygen atoms in total. The molecule has 14 heteroatoms. The van der Waals surface area contributed by atoms with Crippen LogP contribution in [0.2, 0.25) is 0 Å². The van der Waals surface area contributed by atoms with Crippen LogP contribution in [0.3, 0.4) is 0 Å². The molecule has 0 aromatic carbocycles. The van der Waals surface area contributed by atoms with Crippen molar-refractivity contribution in [3.63, 3.8) is 0 Å². The van der Waals surface area contributed by atoms with Crippen molar-refractivity contribution in [3.05, 3.63) is 24.8 Å². The van der Waals surface area contributed by atoms with Crippen molar-refractivity contribution in [3.8, 4) is 0 Å². The van der Waals surface area contributed by atoms with Gasteiger partial charge in [0.1, 0.15) is 49.8 Å². The Morgan fingerprint density at radius 3 is 2.00 bits per heavy atom. The first-order chi connectivity index (χ1) is 19.3. The Labute approximate surface area is 239 Å². The van der Waals surface area contributed by atoms with Gasteiger partial charge in [0.15, 0.2) is 0 Å². The first kappa shape index (κ1) is 34.3. The lowest BCUT2D eigenvalue weighted by Crippen LogP contribution is -2.65. The summed E-state index contributed by atoms with van der Waals surface area (Å²) < 4.78 is 33.8. The first-order valence-corrected chi connectivity index (χ1v) is 13.3. The number of ether oxygens (including phenoxy) is 6. The van der Waals surface area contributed by atoms with Gasteiger partial charge in [0.2, 0.25) is 11.8 Å². The molecule has 232 valence electrons. The van der Waals surface area contributed by atoms with Gasteiger partial charge in [-0.05, 0) is 20.3 Å². The average Bonchev–Trinajstić information content (AvgIpc) is 2.90. The van der Waals surface area contributed by atoms with Crippen LogP contribution < -0.4 is 10.6 Å². The average molecular weight is 587 g/mol. The number of carbonyl (C=O) groups excluding carboxylic acids is 4. The Hall–Kier alpha value is -2.88. The van der Waals surface area contributed by atoms with Crippen LogP contribution in [0.5, 0.6) is 0 Å². The second-order valence-corrected chi connectivity index (χ2v) is 10.1. The maximum absolute atomic E-state index is 12.0. The predicted octanol–water partition coefficient (Wildman–Crippen LogP) is -1.09. The molecule has 0 aromatic heterocycles. The Bertz CT molecular complexity index is 959. The highest BCUT2D eigenvalue weighted by Gasteiger charge is 2.48. The molecule has 2 saturated heterocycles. The molecule has 5 unspecified atom stereocenters. The zero-order valence-corrected chi connectivity index (χ0v) is 24.1. The van der Waals surface area contributed by atoms with Gasteiger partial charge in [0, 0.05) is 39.2 Å². The smallest absolute Gasteiger partial charge is 0.333 e. The summed E-state index contributed by atoms with van der Waals surface area (Å²) in [4.78, 5) is 47.2. The molecule has 0 aromatic rings. The fourth-order valence-corrected chi connectivity index (χ4v) is 4.86. The summed E-state index contributed by atoms with van der Waals surface area (Å²) in [5, 5.41) is 27.4. The Morgan fingerprint density at radius 1 is 0.878 bits per heavy atom. The molecule has 0 saturated carbocycles. The quantitative estimate of drug-likeness (QED) is 0.151. The standard InChI is InChI=1S/C27H42N2O12/c1-8-20(32)38-11-18-25(36-7)24(34)22(29-16(6)31)17(41-18)9-10-37-26-19(12-39-27(35)13(2)3)40-14(4)21(23(26)33)28-15(5)30/h8,14,17-19,21-26,33-34H,1-2,9-12H2,3-7H3,(H,28,30)(H,29,31)/t14?,17-,18?,19?,21+,22+,23?,24?,25+,26+/m0/s1.